The molecule has 2 aromatic rings. The van der Waals surface area contributed by atoms with Gasteiger partial charge in [-0.2, -0.15) is 0 Å². The first kappa shape index (κ1) is 16.4. The topological polar surface area (TPSA) is 67.1 Å². The molecular weight excluding hydrogens is 296 g/mol. The Bertz CT molecular complexity index is 581. The fourth-order valence-corrected chi connectivity index (χ4v) is 2.59. The SMILES string of the molecule is CCNC(=NCc1nncn1C)NCCSc1ccccc1. The number of aryl methyl sites for hydroxylation is 1. The summed E-state index contributed by atoms with van der Waals surface area (Å²) in [6.07, 6.45) is 1.68. The number of nitrogens with zero attached hydrogens (tertiary/aromatic N) is 4. The lowest BCUT2D eigenvalue weighted by Crippen LogP contribution is -2.38. The molecule has 0 saturated heterocycles. The molecule has 1 aromatic heterocycles. The summed E-state index contributed by atoms with van der Waals surface area (Å²) in [5.74, 6) is 2.63. The van der Waals surface area contributed by atoms with E-state index in [4.69, 9.17) is 0 Å². The molecule has 2 rings (SSSR count). The van der Waals surface area contributed by atoms with Crippen LogP contribution >= 0.6 is 11.8 Å². The highest BCUT2D eigenvalue weighted by Gasteiger charge is 2.01. The first-order valence-corrected chi connectivity index (χ1v) is 8.31. The van der Waals surface area contributed by atoms with E-state index in [1.807, 2.05) is 29.4 Å². The van der Waals surface area contributed by atoms with Crippen molar-refractivity contribution in [3.05, 3.63) is 42.5 Å². The van der Waals surface area contributed by atoms with E-state index in [1.54, 1.807) is 6.33 Å². The number of guanidine groups is 1. The van der Waals surface area contributed by atoms with E-state index in [0.29, 0.717) is 6.54 Å². The van der Waals surface area contributed by atoms with Gasteiger partial charge in [-0.15, -0.1) is 22.0 Å². The van der Waals surface area contributed by atoms with Crippen LogP contribution in [-0.2, 0) is 13.6 Å². The largest absolute Gasteiger partial charge is 0.357 e. The smallest absolute Gasteiger partial charge is 0.191 e. The monoisotopic (exact) mass is 318 g/mol. The molecule has 0 atom stereocenters. The lowest BCUT2D eigenvalue weighted by molar-refractivity contribution is 0.774. The van der Waals surface area contributed by atoms with E-state index >= 15 is 0 Å². The number of benzene rings is 1. The molecule has 0 unspecified atom stereocenters. The second-order valence-corrected chi connectivity index (χ2v) is 5.81. The lowest BCUT2D eigenvalue weighted by Gasteiger charge is -2.11. The molecule has 6 nitrogen and oxygen atoms in total. The van der Waals surface area contributed by atoms with Gasteiger partial charge in [0.15, 0.2) is 11.8 Å². The summed E-state index contributed by atoms with van der Waals surface area (Å²) >= 11 is 1.83. The first-order chi connectivity index (χ1) is 10.8. The maximum atomic E-state index is 4.52. The molecule has 0 aliphatic carbocycles. The van der Waals surface area contributed by atoms with Crippen LogP contribution in [-0.4, -0.2) is 39.6 Å². The van der Waals surface area contributed by atoms with Gasteiger partial charge in [0.25, 0.3) is 0 Å². The van der Waals surface area contributed by atoms with Crippen LogP contribution in [0, 0.1) is 0 Å². The molecule has 2 N–H and O–H groups in total. The van der Waals surface area contributed by atoms with Crippen LogP contribution in [0.15, 0.2) is 46.5 Å². The quantitative estimate of drug-likeness (QED) is 0.352. The van der Waals surface area contributed by atoms with Crippen molar-refractivity contribution in [2.45, 2.75) is 18.4 Å². The van der Waals surface area contributed by atoms with Crippen molar-refractivity contribution in [3.8, 4) is 0 Å². The molecule has 118 valence electrons. The van der Waals surface area contributed by atoms with E-state index in [-0.39, 0.29) is 0 Å². The van der Waals surface area contributed by atoms with Gasteiger partial charge in [0.05, 0.1) is 0 Å². The maximum absolute atomic E-state index is 4.52. The summed E-state index contributed by atoms with van der Waals surface area (Å²) in [6, 6.07) is 10.4. The fourth-order valence-electron chi connectivity index (χ4n) is 1.80. The van der Waals surface area contributed by atoms with Crippen molar-refractivity contribution in [1.82, 2.24) is 25.4 Å². The Morgan fingerprint density at radius 2 is 2.09 bits per heavy atom. The van der Waals surface area contributed by atoms with Crippen molar-refractivity contribution >= 4 is 17.7 Å². The zero-order valence-electron chi connectivity index (χ0n) is 13.0. The molecule has 0 aliphatic rings. The van der Waals surface area contributed by atoms with Crippen LogP contribution in [0.1, 0.15) is 12.7 Å². The average Bonchev–Trinajstić information content (AvgIpc) is 2.95. The normalized spacial score (nSPS) is 11.5. The third-order valence-electron chi connectivity index (χ3n) is 2.93. The Morgan fingerprint density at radius 3 is 2.77 bits per heavy atom. The number of hydrogen-bond donors (Lipinski definition) is 2. The Labute approximate surface area is 135 Å². The van der Waals surface area contributed by atoms with Crippen molar-refractivity contribution in [2.24, 2.45) is 12.0 Å². The van der Waals surface area contributed by atoms with Gasteiger partial charge < -0.3 is 15.2 Å². The van der Waals surface area contributed by atoms with Gasteiger partial charge in [0.1, 0.15) is 12.9 Å². The Balaban J connectivity index is 1.77. The molecular formula is C15H22N6S. The molecule has 1 heterocycles. The minimum Gasteiger partial charge on any atom is -0.357 e. The Kier molecular flexibility index (Phi) is 6.76. The molecule has 0 saturated carbocycles. The third kappa shape index (κ3) is 5.40. The summed E-state index contributed by atoms with van der Waals surface area (Å²) in [6.45, 7) is 4.25. The number of nitrogens with one attached hydrogen (secondary N) is 2. The average molecular weight is 318 g/mol. The first-order valence-electron chi connectivity index (χ1n) is 7.32. The van der Waals surface area contributed by atoms with Crippen molar-refractivity contribution in [3.63, 3.8) is 0 Å². The maximum Gasteiger partial charge on any atom is 0.191 e. The van der Waals surface area contributed by atoms with Gasteiger partial charge in [0.2, 0.25) is 0 Å². The summed E-state index contributed by atoms with van der Waals surface area (Å²) in [7, 11) is 1.92. The van der Waals surface area contributed by atoms with Crippen molar-refractivity contribution < 1.29 is 0 Å². The van der Waals surface area contributed by atoms with Crippen molar-refractivity contribution in [1.29, 1.82) is 0 Å². The summed E-state index contributed by atoms with van der Waals surface area (Å²) in [5, 5.41) is 14.5. The van der Waals surface area contributed by atoms with Gasteiger partial charge in [0, 0.05) is 30.8 Å². The number of thioether (sulfide) groups is 1. The molecule has 22 heavy (non-hydrogen) atoms. The third-order valence-corrected chi connectivity index (χ3v) is 3.95. The molecule has 0 aliphatic heterocycles. The van der Waals surface area contributed by atoms with Gasteiger partial charge in [-0.3, -0.25) is 0 Å². The van der Waals surface area contributed by atoms with Gasteiger partial charge in [-0.1, -0.05) is 18.2 Å². The molecule has 7 heteroatoms. The molecule has 1 aromatic carbocycles. The number of rotatable bonds is 7. The lowest BCUT2D eigenvalue weighted by atomic mass is 10.4. The minimum atomic E-state index is 0.512. The number of hydrogen-bond acceptors (Lipinski definition) is 4. The van der Waals surface area contributed by atoms with Crippen LogP contribution in [0.4, 0.5) is 0 Å². The van der Waals surface area contributed by atoms with E-state index < -0.39 is 0 Å². The van der Waals surface area contributed by atoms with Crippen LogP contribution in [0.2, 0.25) is 0 Å². The minimum absolute atomic E-state index is 0.512. The summed E-state index contributed by atoms with van der Waals surface area (Å²) < 4.78 is 1.87. The fraction of sp³-hybridized carbons (Fsp3) is 0.400. The Hall–Kier alpha value is -2.02. The zero-order valence-corrected chi connectivity index (χ0v) is 13.8. The van der Waals surface area contributed by atoms with Crippen LogP contribution < -0.4 is 10.6 Å². The van der Waals surface area contributed by atoms with Gasteiger partial charge >= 0.3 is 0 Å². The van der Waals surface area contributed by atoms with Crippen LogP contribution in [0.3, 0.4) is 0 Å². The Morgan fingerprint density at radius 1 is 1.27 bits per heavy atom. The molecule has 0 fully saturated rings. The van der Waals surface area contributed by atoms with Crippen LogP contribution in [0.25, 0.3) is 0 Å². The standard InChI is InChI=1S/C15H22N6S/c1-3-16-15(18-11-14-20-19-12-21(14)2)17-9-10-22-13-7-5-4-6-8-13/h4-8,12H,3,9-11H2,1-2H3,(H2,16,17,18). The zero-order chi connectivity index (χ0) is 15.6. The highest BCUT2D eigenvalue weighted by Crippen LogP contribution is 2.15. The molecule has 0 amide bonds. The molecule has 0 radical (unpaired) electrons. The van der Waals surface area contributed by atoms with Gasteiger partial charge in [-0.05, 0) is 19.1 Å². The van der Waals surface area contributed by atoms with Crippen LogP contribution in [0.5, 0.6) is 0 Å². The predicted octanol–water partition coefficient (Wildman–Crippen LogP) is 1.66. The van der Waals surface area contributed by atoms with E-state index in [2.05, 4.69) is 57.0 Å². The second kappa shape index (κ2) is 9.09. The van der Waals surface area contributed by atoms with E-state index in [9.17, 15) is 0 Å². The van der Waals surface area contributed by atoms with E-state index in [0.717, 1.165) is 30.6 Å². The molecule has 0 bridgehead atoms. The summed E-state index contributed by atoms with van der Waals surface area (Å²) in [5.41, 5.74) is 0. The highest BCUT2D eigenvalue weighted by atomic mass is 32.2. The van der Waals surface area contributed by atoms with Gasteiger partial charge in [-0.25, -0.2) is 4.99 Å². The number of aromatic nitrogens is 3. The molecule has 0 spiro atoms. The summed E-state index contributed by atoms with van der Waals surface area (Å²) in [4.78, 5) is 5.81. The van der Waals surface area contributed by atoms with E-state index in [1.165, 1.54) is 4.90 Å². The van der Waals surface area contributed by atoms with Crippen molar-refractivity contribution in [2.75, 3.05) is 18.8 Å². The second-order valence-electron chi connectivity index (χ2n) is 4.64. The predicted molar refractivity (Wildman–Crippen MR) is 91.0 cm³/mol. The highest BCUT2D eigenvalue weighted by molar-refractivity contribution is 7.99. The number of aliphatic imine (C=N–C) groups is 1.